The van der Waals surface area contributed by atoms with Crippen molar-refractivity contribution in [2.45, 2.75) is 58.8 Å². The molecule has 0 unspecified atom stereocenters. The first-order valence-corrected chi connectivity index (χ1v) is 12.9. The summed E-state index contributed by atoms with van der Waals surface area (Å²) in [6.45, 7) is 5.96. The van der Waals surface area contributed by atoms with Crippen molar-refractivity contribution in [3.05, 3.63) is 60.9 Å². The predicted molar refractivity (Wildman–Crippen MR) is 142 cm³/mol. The van der Waals surface area contributed by atoms with Crippen LogP contribution >= 0.6 is 11.3 Å². The van der Waals surface area contributed by atoms with Crippen LogP contribution in [0, 0.1) is 24.1 Å². The molecule has 0 bridgehead atoms. The fourth-order valence-corrected chi connectivity index (χ4v) is 5.34. The van der Waals surface area contributed by atoms with Crippen molar-refractivity contribution in [3.8, 4) is 11.8 Å². The van der Waals surface area contributed by atoms with E-state index in [1.54, 1.807) is 13.8 Å². The first-order valence-electron chi connectivity index (χ1n) is 12.1. The van der Waals surface area contributed by atoms with Crippen molar-refractivity contribution < 1.29 is 28.6 Å². The molecule has 0 radical (unpaired) electrons. The zero-order valence-electron chi connectivity index (χ0n) is 22.1. The number of amides is 1. The number of benzene rings is 1. The van der Waals surface area contributed by atoms with Crippen LogP contribution in [0.1, 0.15) is 60.1 Å². The van der Waals surface area contributed by atoms with Crippen molar-refractivity contribution in [1.82, 2.24) is 14.5 Å². The van der Waals surface area contributed by atoms with Gasteiger partial charge in [-0.15, -0.1) is 11.3 Å². The van der Waals surface area contributed by atoms with Gasteiger partial charge in [0.05, 0.1) is 38.1 Å². The summed E-state index contributed by atoms with van der Waals surface area (Å²) in [4.78, 5) is 52.1. The number of hydrogen-bond acceptors (Lipinski definition) is 8. The number of aromatic nitrogens is 2. The number of carboxylic acids is 1. The molecule has 0 aliphatic heterocycles. The van der Waals surface area contributed by atoms with Crippen LogP contribution in [0.25, 0.3) is 10.2 Å². The van der Waals surface area contributed by atoms with Crippen LogP contribution in [0.15, 0.2) is 27.8 Å². The number of thiophene rings is 1. The number of rotatable bonds is 11. The van der Waals surface area contributed by atoms with E-state index in [-0.39, 0.29) is 57.6 Å². The lowest BCUT2D eigenvalue weighted by molar-refractivity contribution is -0.124. The average Bonchev–Trinajstić information content (AvgIpc) is 3.22. The largest absolute Gasteiger partial charge is 0.496 e. The Bertz CT molecular complexity index is 1570. The number of fused-ring (bicyclic) bond motifs is 1. The molecular formula is C26H29FN4O7S. The Hall–Kier alpha value is -4.02. The molecule has 0 saturated heterocycles. The number of halogens is 1. The number of nitrogens with zero attached hydrogens (tertiary/aromatic N) is 3. The molecule has 11 nitrogen and oxygen atoms in total. The molecule has 1 aromatic carbocycles. The zero-order valence-corrected chi connectivity index (χ0v) is 22.9. The molecule has 2 aromatic heterocycles. The van der Waals surface area contributed by atoms with Gasteiger partial charge in [-0.1, -0.05) is 0 Å². The van der Waals surface area contributed by atoms with Crippen molar-refractivity contribution in [1.29, 1.82) is 5.26 Å². The fraction of sp³-hybridized carbons (Fsp3) is 0.423. The van der Waals surface area contributed by atoms with Crippen LogP contribution < -0.4 is 21.3 Å². The maximum Gasteiger partial charge on any atom is 0.346 e. The van der Waals surface area contributed by atoms with Crippen LogP contribution in [0.5, 0.6) is 5.75 Å². The Morgan fingerprint density at radius 3 is 2.54 bits per heavy atom. The second-order valence-corrected chi connectivity index (χ2v) is 10.1. The first kappa shape index (κ1) is 29.5. The van der Waals surface area contributed by atoms with Crippen LogP contribution in [0.3, 0.4) is 0 Å². The first-order chi connectivity index (χ1) is 18.4. The minimum absolute atomic E-state index is 0.00557. The lowest BCUT2D eigenvalue weighted by atomic mass is 10.1. The Kier molecular flexibility index (Phi) is 9.26. The van der Waals surface area contributed by atoms with Gasteiger partial charge in [0.25, 0.3) is 5.56 Å². The van der Waals surface area contributed by atoms with Gasteiger partial charge in [-0.25, -0.2) is 18.5 Å². The number of nitrogens with one attached hydrogen (secondary N) is 1. The van der Waals surface area contributed by atoms with Gasteiger partial charge in [0.15, 0.2) is 0 Å². The molecule has 13 heteroatoms. The second-order valence-electron chi connectivity index (χ2n) is 9.10. The van der Waals surface area contributed by atoms with E-state index in [4.69, 9.17) is 14.7 Å². The van der Waals surface area contributed by atoms with Crippen LogP contribution in [-0.2, 0) is 16.1 Å². The third-order valence-corrected chi connectivity index (χ3v) is 7.36. The molecule has 0 aliphatic carbocycles. The molecule has 2 N–H and O–H groups in total. The Balaban J connectivity index is 2.33. The molecule has 3 aromatic rings. The van der Waals surface area contributed by atoms with Crippen LogP contribution in [0.2, 0.25) is 0 Å². The van der Waals surface area contributed by atoms with Gasteiger partial charge in [0.1, 0.15) is 33.4 Å². The van der Waals surface area contributed by atoms with Gasteiger partial charge in [-0.05, 0) is 51.5 Å². The summed E-state index contributed by atoms with van der Waals surface area (Å²) in [5.41, 5.74) is -1.28. The number of carbonyl (C=O) groups is 2. The molecule has 2 atom stereocenters. The number of aryl methyl sites for hydroxylation is 1. The third-order valence-electron chi connectivity index (χ3n) is 6.05. The van der Waals surface area contributed by atoms with Gasteiger partial charge in [0.2, 0.25) is 5.91 Å². The van der Waals surface area contributed by atoms with E-state index in [0.29, 0.717) is 0 Å². The predicted octanol–water partition coefficient (Wildman–Crippen LogP) is 3.14. The normalized spacial score (nSPS) is 12.8. The molecule has 208 valence electrons. The van der Waals surface area contributed by atoms with E-state index < -0.39 is 41.1 Å². The SMILES string of the molecule is COc1ccc(F)cc1[C@H](Cn1c(=O)n([C@H](C)C(=O)NC(C)C)c(=O)c2c(C)c(C(=O)O)sc21)OCCC#N. The van der Waals surface area contributed by atoms with Gasteiger partial charge in [-0.3, -0.25) is 14.2 Å². The van der Waals surface area contributed by atoms with E-state index in [9.17, 15) is 28.7 Å². The Morgan fingerprint density at radius 2 is 1.95 bits per heavy atom. The molecule has 0 aliphatic rings. The van der Waals surface area contributed by atoms with Gasteiger partial charge < -0.3 is 19.9 Å². The van der Waals surface area contributed by atoms with Crippen molar-refractivity contribution >= 4 is 33.4 Å². The number of nitriles is 1. The summed E-state index contributed by atoms with van der Waals surface area (Å²) < 4.78 is 27.5. The van der Waals surface area contributed by atoms with Crippen LogP contribution in [-0.4, -0.2) is 45.9 Å². The van der Waals surface area contributed by atoms with Crippen LogP contribution in [0.4, 0.5) is 4.39 Å². The lowest BCUT2D eigenvalue weighted by Crippen LogP contribution is -2.47. The summed E-state index contributed by atoms with van der Waals surface area (Å²) in [6.07, 6.45) is -1.03. The molecule has 1 amide bonds. The minimum atomic E-state index is -1.28. The zero-order chi connectivity index (χ0) is 29.0. The molecular weight excluding hydrogens is 531 g/mol. The van der Waals surface area contributed by atoms with E-state index in [1.807, 2.05) is 6.07 Å². The fourth-order valence-electron chi connectivity index (χ4n) is 4.20. The summed E-state index contributed by atoms with van der Waals surface area (Å²) in [7, 11) is 1.38. The summed E-state index contributed by atoms with van der Waals surface area (Å²) >= 11 is 0.741. The quantitative estimate of drug-likeness (QED) is 0.339. The molecule has 39 heavy (non-hydrogen) atoms. The highest BCUT2D eigenvalue weighted by atomic mass is 32.1. The maximum atomic E-state index is 14.3. The van der Waals surface area contributed by atoms with Crippen molar-refractivity contribution in [2.24, 2.45) is 0 Å². The number of methoxy groups -OCH3 is 1. The van der Waals surface area contributed by atoms with Crippen molar-refractivity contribution in [2.75, 3.05) is 13.7 Å². The lowest BCUT2D eigenvalue weighted by Gasteiger charge is -2.23. The summed E-state index contributed by atoms with van der Waals surface area (Å²) in [5, 5.41) is 21.4. The Morgan fingerprint density at radius 1 is 1.26 bits per heavy atom. The van der Waals surface area contributed by atoms with Gasteiger partial charge in [0, 0.05) is 11.6 Å². The average molecular weight is 561 g/mol. The maximum absolute atomic E-state index is 14.3. The number of hydrogen-bond donors (Lipinski definition) is 2. The number of ether oxygens (including phenoxy) is 2. The van der Waals surface area contributed by atoms with Gasteiger partial charge in [-0.2, -0.15) is 5.26 Å². The number of aromatic carboxylic acids is 1. The highest BCUT2D eigenvalue weighted by Crippen LogP contribution is 2.33. The standard InChI is InChI=1S/C26H29FN4O7S/c1-13(2)29-22(32)15(4)31-23(33)20-14(3)21(25(34)35)39-24(20)30(26(31)36)12-19(38-10-6-9-28)17-11-16(27)7-8-18(17)37-5/h7-8,11,13,15,19H,6,10,12H2,1-5H3,(H,29,32)(H,34,35)/t15-,19+/m1/s1. The van der Waals surface area contributed by atoms with E-state index in [2.05, 4.69) is 5.32 Å². The summed E-state index contributed by atoms with van der Waals surface area (Å²) in [5.74, 6) is -2.19. The molecule has 0 spiro atoms. The minimum Gasteiger partial charge on any atom is -0.496 e. The summed E-state index contributed by atoms with van der Waals surface area (Å²) in [6, 6.07) is 4.22. The van der Waals surface area contributed by atoms with E-state index in [0.717, 1.165) is 20.5 Å². The van der Waals surface area contributed by atoms with Gasteiger partial charge >= 0.3 is 11.7 Å². The second kappa shape index (κ2) is 12.2. The Labute approximate surface area is 227 Å². The topological polar surface area (TPSA) is 153 Å². The monoisotopic (exact) mass is 560 g/mol. The third kappa shape index (κ3) is 6.02. The van der Waals surface area contributed by atoms with E-state index >= 15 is 0 Å². The molecule has 2 heterocycles. The molecule has 0 saturated carbocycles. The van der Waals surface area contributed by atoms with E-state index in [1.165, 1.54) is 39.2 Å². The number of carboxylic acid groups (broad SMARTS) is 1. The smallest absolute Gasteiger partial charge is 0.346 e. The number of carbonyl (C=O) groups excluding carboxylic acids is 1. The molecule has 0 fully saturated rings. The highest BCUT2D eigenvalue weighted by Gasteiger charge is 2.29. The highest BCUT2D eigenvalue weighted by molar-refractivity contribution is 7.20. The molecule has 3 rings (SSSR count). The van der Waals surface area contributed by atoms with Crippen molar-refractivity contribution in [3.63, 3.8) is 0 Å².